The number of piperidine rings is 1. The van der Waals surface area contributed by atoms with E-state index in [9.17, 15) is 4.79 Å². The monoisotopic (exact) mass is 328 g/mol. The number of morpholine rings is 1. The molecule has 1 aliphatic carbocycles. The fourth-order valence-electron chi connectivity index (χ4n) is 4.25. The molecule has 2 saturated heterocycles. The average Bonchev–Trinajstić information content (AvgIpc) is 3.39. The first-order chi connectivity index (χ1) is 11.7. The van der Waals surface area contributed by atoms with Gasteiger partial charge in [-0.25, -0.2) is 0 Å². The Morgan fingerprint density at radius 2 is 1.88 bits per heavy atom. The summed E-state index contributed by atoms with van der Waals surface area (Å²) < 4.78 is 6.31. The average molecular weight is 328 g/mol. The highest BCUT2D eigenvalue weighted by molar-refractivity contribution is 5.88. The van der Waals surface area contributed by atoms with Crippen molar-refractivity contribution in [3.63, 3.8) is 0 Å². The van der Waals surface area contributed by atoms with E-state index in [1.165, 1.54) is 18.4 Å². The van der Waals surface area contributed by atoms with Crippen molar-refractivity contribution in [1.29, 1.82) is 0 Å². The highest BCUT2D eigenvalue weighted by atomic mass is 16.5. The molecule has 2 aliphatic heterocycles. The summed E-state index contributed by atoms with van der Waals surface area (Å²) in [5, 5.41) is 0. The van der Waals surface area contributed by atoms with Crippen LogP contribution in [-0.2, 0) is 16.1 Å². The van der Waals surface area contributed by atoms with Crippen LogP contribution >= 0.6 is 0 Å². The van der Waals surface area contributed by atoms with Gasteiger partial charge in [0.15, 0.2) is 0 Å². The van der Waals surface area contributed by atoms with Crippen molar-refractivity contribution in [2.75, 3.05) is 26.2 Å². The minimum Gasteiger partial charge on any atom is -0.360 e. The van der Waals surface area contributed by atoms with Gasteiger partial charge in [-0.05, 0) is 57.2 Å². The van der Waals surface area contributed by atoms with E-state index in [4.69, 9.17) is 4.74 Å². The molecule has 4 rings (SSSR count). The molecule has 3 aliphatic rings. The van der Waals surface area contributed by atoms with Crippen molar-refractivity contribution in [1.82, 2.24) is 9.80 Å². The summed E-state index contributed by atoms with van der Waals surface area (Å²) in [6, 6.07) is 10.7. The number of ether oxygens (including phenoxy) is 1. The lowest BCUT2D eigenvalue weighted by Crippen LogP contribution is -2.56. The zero-order valence-electron chi connectivity index (χ0n) is 14.6. The molecule has 4 nitrogen and oxygen atoms in total. The molecular weight excluding hydrogens is 300 g/mol. The summed E-state index contributed by atoms with van der Waals surface area (Å²) in [5.74, 6) is 0.833. The smallest absolute Gasteiger partial charge is 0.254 e. The van der Waals surface area contributed by atoms with Crippen molar-refractivity contribution < 1.29 is 9.53 Å². The third-order valence-electron chi connectivity index (χ3n) is 5.95. The number of amides is 1. The molecule has 1 aromatic rings. The standard InChI is InChI=1S/C20H28N2O2/c1-2-22-15-18(24-20(10-11-20)19(22)23)17-8-12-21(13-9-17)14-16-6-4-3-5-7-16/h3-7,17-18H,2,8-15H2,1H3/t18-/m0/s1. The van der Waals surface area contributed by atoms with Crippen LogP contribution in [0.5, 0.6) is 0 Å². The van der Waals surface area contributed by atoms with E-state index in [-0.39, 0.29) is 12.0 Å². The summed E-state index contributed by atoms with van der Waals surface area (Å²) in [7, 11) is 0. The van der Waals surface area contributed by atoms with E-state index in [2.05, 4.69) is 42.2 Å². The Kier molecular flexibility index (Phi) is 4.35. The number of hydrogen-bond acceptors (Lipinski definition) is 3. The molecule has 130 valence electrons. The number of carbonyl (C=O) groups is 1. The Bertz CT molecular complexity index is 577. The van der Waals surface area contributed by atoms with Gasteiger partial charge in [0, 0.05) is 19.6 Å². The number of benzene rings is 1. The molecule has 1 amide bonds. The predicted octanol–water partition coefficient (Wildman–Crippen LogP) is 2.68. The van der Waals surface area contributed by atoms with Crippen molar-refractivity contribution in [3.05, 3.63) is 35.9 Å². The van der Waals surface area contributed by atoms with Gasteiger partial charge in [-0.3, -0.25) is 9.69 Å². The molecule has 2 heterocycles. The summed E-state index contributed by atoms with van der Waals surface area (Å²) >= 11 is 0. The second-order valence-electron chi connectivity index (χ2n) is 7.59. The van der Waals surface area contributed by atoms with E-state index in [0.717, 1.165) is 45.6 Å². The first kappa shape index (κ1) is 16.1. The SMILES string of the molecule is CCN1C[C@@H](C2CCN(Cc3ccccc3)CC2)OC2(CC2)C1=O. The Hall–Kier alpha value is -1.39. The van der Waals surface area contributed by atoms with E-state index >= 15 is 0 Å². The van der Waals surface area contributed by atoms with Crippen LogP contribution in [0.15, 0.2) is 30.3 Å². The molecule has 3 fully saturated rings. The zero-order valence-corrected chi connectivity index (χ0v) is 14.6. The largest absolute Gasteiger partial charge is 0.360 e. The molecule has 0 bridgehead atoms. The Morgan fingerprint density at radius 1 is 1.17 bits per heavy atom. The Balaban J connectivity index is 1.33. The van der Waals surface area contributed by atoms with Crippen LogP contribution in [0.4, 0.5) is 0 Å². The second-order valence-corrected chi connectivity index (χ2v) is 7.59. The van der Waals surface area contributed by atoms with Gasteiger partial charge in [-0.1, -0.05) is 30.3 Å². The first-order valence-corrected chi connectivity index (χ1v) is 9.44. The lowest BCUT2D eigenvalue weighted by atomic mass is 9.89. The van der Waals surface area contributed by atoms with Gasteiger partial charge in [0.2, 0.25) is 0 Å². The first-order valence-electron chi connectivity index (χ1n) is 9.44. The van der Waals surface area contributed by atoms with Crippen molar-refractivity contribution >= 4 is 5.91 Å². The maximum absolute atomic E-state index is 12.4. The predicted molar refractivity (Wildman–Crippen MR) is 93.5 cm³/mol. The Morgan fingerprint density at radius 3 is 2.50 bits per heavy atom. The quantitative estimate of drug-likeness (QED) is 0.852. The molecule has 0 radical (unpaired) electrons. The van der Waals surface area contributed by atoms with Gasteiger partial charge in [0.25, 0.3) is 5.91 Å². The molecule has 24 heavy (non-hydrogen) atoms. The fraction of sp³-hybridized carbons (Fsp3) is 0.650. The highest BCUT2D eigenvalue weighted by Crippen LogP contribution is 2.46. The number of rotatable bonds is 4. The molecule has 0 N–H and O–H groups in total. The number of nitrogens with zero attached hydrogens (tertiary/aromatic N) is 2. The minimum atomic E-state index is -0.430. The third-order valence-corrected chi connectivity index (χ3v) is 5.95. The summed E-state index contributed by atoms with van der Waals surface area (Å²) in [4.78, 5) is 17.0. The highest BCUT2D eigenvalue weighted by Gasteiger charge is 2.58. The van der Waals surface area contributed by atoms with Crippen LogP contribution in [-0.4, -0.2) is 53.6 Å². The van der Waals surface area contributed by atoms with Crippen LogP contribution < -0.4 is 0 Å². The number of likely N-dealkylation sites (N-methyl/N-ethyl adjacent to an activating group) is 1. The zero-order chi connectivity index (χ0) is 16.6. The number of carbonyl (C=O) groups excluding carboxylic acids is 1. The van der Waals surface area contributed by atoms with Crippen molar-refractivity contribution in [2.24, 2.45) is 5.92 Å². The van der Waals surface area contributed by atoms with Gasteiger partial charge in [0.1, 0.15) is 5.60 Å². The van der Waals surface area contributed by atoms with Gasteiger partial charge in [-0.2, -0.15) is 0 Å². The molecule has 4 heteroatoms. The number of hydrogen-bond donors (Lipinski definition) is 0. The minimum absolute atomic E-state index is 0.239. The van der Waals surface area contributed by atoms with Gasteiger partial charge in [0.05, 0.1) is 6.10 Å². The van der Waals surface area contributed by atoms with E-state index < -0.39 is 5.60 Å². The lowest BCUT2D eigenvalue weighted by molar-refractivity contribution is -0.174. The molecule has 1 atom stereocenters. The van der Waals surface area contributed by atoms with Crippen LogP contribution in [0.3, 0.4) is 0 Å². The molecular formula is C20H28N2O2. The van der Waals surface area contributed by atoms with E-state index in [1.54, 1.807) is 0 Å². The van der Waals surface area contributed by atoms with Crippen LogP contribution in [0.2, 0.25) is 0 Å². The van der Waals surface area contributed by atoms with Crippen molar-refractivity contribution in [2.45, 2.75) is 50.9 Å². The fourth-order valence-corrected chi connectivity index (χ4v) is 4.25. The number of likely N-dealkylation sites (tertiary alicyclic amines) is 1. The van der Waals surface area contributed by atoms with Gasteiger partial charge < -0.3 is 9.64 Å². The normalized spacial score (nSPS) is 27.6. The third kappa shape index (κ3) is 3.09. The maximum Gasteiger partial charge on any atom is 0.254 e. The molecule has 0 unspecified atom stereocenters. The van der Waals surface area contributed by atoms with Crippen LogP contribution in [0.1, 0.15) is 38.2 Å². The Labute approximate surface area is 144 Å². The van der Waals surface area contributed by atoms with Gasteiger partial charge >= 0.3 is 0 Å². The van der Waals surface area contributed by atoms with E-state index in [0.29, 0.717) is 5.92 Å². The van der Waals surface area contributed by atoms with Crippen molar-refractivity contribution in [3.8, 4) is 0 Å². The molecule has 1 aromatic carbocycles. The maximum atomic E-state index is 12.4. The molecule has 0 aromatic heterocycles. The topological polar surface area (TPSA) is 32.8 Å². The van der Waals surface area contributed by atoms with Crippen LogP contribution in [0, 0.1) is 5.92 Å². The summed E-state index contributed by atoms with van der Waals surface area (Å²) in [6.07, 6.45) is 4.44. The van der Waals surface area contributed by atoms with Crippen LogP contribution in [0.25, 0.3) is 0 Å². The molecule has 1 saturated carbocycles. The second kappa shape index (κ2) is 6.49. The summed E-state index contributed by atoms with van der Waals surface area (Å²) in [5.41, 5.74) is 0.963. The lowest BCUT2D eigenvalue weighted by Gasteiger charge is -2.43. The summed E-state index contributed by atoms with van der Waals surface area (Å²) in [6.45, 7) is 6.99. The van der Waals surface area contributed by atoms with Gasteiger partial charge in [-0.15, -0.1) is 0 Å². The van der Waals surface area contributed by atoms with E-state index in [1.807, 2.05) is 4.90 Å². The molecule has 1 spiro atoms.